The summed E-state index contributed by atoms with van der Waals surface area (Å²) in [6, 6.07) is 13.2. The zero-order valence-corrected chi connectivity index (χ0v) is 28.3. The molecule has 1 saturated carbocycles. The van der Waals surface area contributed by atoms with Gasteiger partial charge in [-0.1, -0.05) is 24.3 Å². The third-order valence-electron chi connectivity index (χ3n) is 9.36. The predicted octanol–water partition coefficient (Wildman–Crippen LogP) is 6.91. The first-order valence-corrected chi connectivity index (χ1v) is 16.8. The molecular formula is C37H46FN3O7. The molecule has 1 aliphatic carbocycles. The van der Waals surface area contributed by atoms with E-state index in [0.717, 1.165) is 11.1 Å². The van der Waals surface area contributed by atoms with Crippen molar-refractivity contribution in [3.63, 3.8) is 0 Å². The molecule has 3 aromatic rings. The average Bonchev–Trinajstić information content (AvgIpc) is 3.68. The van der Waals surface area contributed by atoms with E-state index in [1.165, 1.54) is 0 Å². The van der Waals surface area contributed by atoms with Crippen LogP contribution in [0.5, 0.6) is 0 Å². The topological polar surface area (TPSA) is 127 Å². The van der Waals surface area contributed by atoms with Crippen molar-refractivity contribution in [1.29, 1.82) is 0 Å². The number of likely N-dealkylation sites (tertiary alicyclic amines) is 1. The van der Waals surface area contributed by atoms with Crippen LogP contribution in [0.4, 0.5) is 14.9 Å². The number of anilines is 1. The molecule has 1 saturated heterocycles. The van der Waals surface area contributed by atoms with E-state index >= 15 is 0 Å². The van der Waals surface area contributed by atoms with Gasteiger partial charge in [0.25, 0.3) is 0 Å². The normalized spacial score (nSPS) is 21.8. The number of furan rings is 1. The van der Waals surface area contributed by atoms with Gasteiger partial charge in [-0.2, -0.15) is 0 Å². The maximum Gasteiger partial charge on any atom is 0.407 e. The second kappa shape index (κ2) is 14.8. The van der Waals surface area contributed by atoms with Gasteiger partial charge in [0, 0.05) is 29.5 Å². The molecule has 258 valence electrons. The molecule has 1 aliphatic heterocycles. The molecule has 2 N–H and O–H groups in total. The molecule has 5 rings (SSSR count). The van der Waals surface area contributed by atoms with Crippen molar-refractivity contribution < 1.29 is 37.5 Å². The molecule has 2 aliphatic rings. The first-order chi connectivity index (χ1) is 22.9. The number of nitrogens with zero attached hydrogens (tertiary/aromatic N) is 1. The lowest BCUT2D eigenvalue weighted by Crippen LogP contribution is -2.49. The lowest BCUT2D eigenvalue weighted by molar-refractivity contribution is -0.141. The van der Waals surface area contributed by atoms with E-state index in [2.05, 4.69) is 10.6 Å². The Bertz CT molecular complexity index is 1640. The van der Waals surface area contributed by atoms with Crippen molar-refractivity contribution in [3.05, 3.63) is 65.4 Å². The van der Waals surface area contributed by atoms with Gasteiger partial charge in [-0.15, -0.1) is 0 Å². The van der Waals surface area contributed by atoms with E-state index < -0.39 is 36.4 Å². The van der Waals surface area contributed by atoms with Crippen molar-refractivity contribution in [2.45, 2.75) is 90.3 Å². The summed E-state index contributed by atoms with van der Waals surface area (Å²) in [7, 11) is 0. The molecular weight excluding hydrogens is 617 g/mol. The number of aryl methyl sites for hydroxylation is 1. The highest BCUT2D eigenvalue weighted by Crippen LogP contribution is 2.39. The molecule has 0 radical (unpaired) electrons. The van der Waals surface area contributed by atoms with Crippen molar-refractivity contribution in [3.8, 4) is 0 Å². The fraction of sp³-hybridized carbons (Fsp3) is 0.514. The Hall–Kier alpha value is -4.41. The number of nitrogens with one attached hydrogen (secondary N) is 2. The number of rotatable bonds is 9. The van der Waals surface area contributed by atoms with Crippen LogP contribution in [0.3, 0.4) is 0 Å². The Labute approximate surface area is 280 Å². The SMILES string of the molecule is CCOC(=O)c1cc2cc(NC(=O)[C@@H]3[C@H](c4ccccc4C)CCN3C(=O)C3CCC([C@@H](CF)NC(=O)OC(C)(C)C)CC3)ccc2o1. The minimum atomic E-state index is -0.737. The first-order valence-electron chi connectivity index (χ1n) is 16.8. The van der Waals surface area contributed by atoms with Gasteiger partial charge in [-0.05, 0) is 108 Å². The lowest BCUT2D eigenvalue weighted by Gasteiger charge is -2.36. The van der Waals surface area contributed by atoms with Crippen LogP contribution in [0.15, 0.2) is 52.9 Å². The van der Waals surface area contributed by atoms with E-state index in [9.17, 15) is 23.6 Å². The van der Waals surface area contributed by atoms with Crippen LogP contribution in [0, 0.1) is 18.8 Å². The fourth-order valence-electron chi connectivity index (χ4n) is 7.08. The lowest BCUT2D eigenvalue weighted by atomic mass is 9.78. The molecule has 3 amide bonds. The van der Waals surface area contributed by atoms with E-state index in [1.54, 1.807) is 56.9 Å². The van der Waals surface area contributed by atoms with Crippen molar-refractivity contribution >= 4 is 40.5 Å². The van der Waals surface area contributed by atoms with Gasteiger partial charge in [-0.25, -0.2) is 14.0 Å². The van der Waals surface area contributed by atoms with E-state index in [4.69, 9.17) is 13.9 Å². The van der Waals surface area contributed by atoms with Gasteiger partial charge < -0.3 is 29.4 Å². The monoisotopic (exact) mass is 663 g/mol. The summed E-state index contributed by atoms with van der Waals surface area (Å²) in [5.74, 6) is -1.48. The van der Waals surface area contributed by atoms with Gasteiger partial charge in [0.2, 0.25) is 17.6 Å². The van der Waals surface area contributed by atoms with Crippen LogP contribution < -0.4 is 10.6 Å². The Morgan fingerprint density at radius 2 is 1.75 bits per heavy atom. The zero-order chi connectivity index (χ0) is 34.6. The zero-order valence-electron chi connectivity index (χ0n) is 28.3. The third kappa shape index (κ3) is 7.99. The number of alkyl halides is 1. The summed E-state index contributed by atoms with van der Waals surface area (Å²) in [6.45, 7) is 8.93. The second-order valence-corrected chi connectivity index (χ2v) is 13.8. The third-order valence-corrected chi connectivity index (χ3v) is 9.36. The Kier molecular flexibility index (Phi) is 10.8. The van der Waals surface area contributed by atoms with Crippen LogP contribution in [0.25, 0.3) is 11.0 Å². The average molecular weight is 664 g/mol. The smallest absolute Gasteiger partial charge is 0.407 e. The molecule has 0 unspecified atom stereocenters. The van der Waals surface area contributed by atoms with Crippen LogP contribution >= 0.6 is 0 Å². The summed E-state index contributed by atoms with van der Waals surface area (Å²) in [6.07, 6.45) is 2.21. The molecule has 1 aromatic heterocycles. The van der Waals surface area contributed by atoms with Gasteiger partial charge >= 0.3 is 12.1 Å². The van der Waals surface area contributed by atoms with Crippen molar-refractivity contribution in [2.75, 3.05) is 25.1 Å². The molecule has 2 aromatic carbocycles. The summed E-state index contributed by atoms with van der Waals surface area (Å²) < 4.78 is 30.0. The number of hydrogen-bond acceptors (Lipinski definition) is 7. The number of esters is 1. The molecule has 48 heavy (non-hydrogen) atoms. The number of benzene rings is 2. The Morgan fingerprint density at radius 3 is 2.42 bits per heavy atom. The minimum absolute atomic E-state index is 0.0778. The highest BCUT2D eigenvalue weighted by molar-refractivity contribution is 6.00. The maximum absolute atomic E-state index is 14.1. The van der Waals surface area contributed by atoms with Crippen LogP contribution in [0.2, 0.25) is 0 Å². The van der Waals surface area contributed by atoms with Crippen LogP contribution in [-0.4, -0.2) is 66.3 Å². The molecule has 3 atom stereocenters. The number of amides is 3. The number of carbonyl (C=O) groups excluding carboxylic acids is 4. The van der Waals surface area contributed by atoms with E-state index in [-0.39, 0.29) is 41.9 Å². The standard InChI is InChI=1S/C37H46FN3O7/c1-6-46-35(44)31-20-25-19-26(15-16-30(25)47-31)39-33(42)32-28(27-10-8-7-9-22(27)2)17-18-41(32)34(43)24-13-11-23(12-14-24)29(21-38)40-36(45)48-37(3,4)5/h7-10,15-16,19-20,23-24,28-29,32H,6,11-14,17-18,21H2,1-5H3,(H,39,42)(H,40,45)/t23?,24?,28-,29+,32-/m0/s1. The second-order valence-electron chi connectivity index (χ2n) is 13.8. The highest BCUT2D eigenvalue weighted by Gasteiger charge is 2.45. The fourth-order valence-corrected chi connectivity index (χ4v) is 7.08. The molecule has 2 heterocycles. The number of carbonyl (C=O) groups is 4. The molecule has 2 fully saturated rings. The van der Waals surface area contributed by atoms with Gasteiger partial charge in [0.05, 0.1) is 12.6 Å². The number of hydrogen-bond donors (Lipinski definition) is 2. The quantitative estimate of drug-likeness (QED) is 0.238. The molecule has 11 heteroatoms. The summed E-state index contributed by atoms with van der Waals surface area (Å²) >= 11 is 0. The summed E-state index contributed by atoms with van der Waals surface area (Å²) in [5, 5.41) is 6.34. The van der Waals surface area contributed by atoms with Crippen molar-refractivity contribution in [1.82, 2.24) is 10.2 Å². The van der Waals surface area contributed by atoms with Crippen molar-refractivity contribution in [2.24, 2.45) is 11.8 Å². The maximum atomic E-state index is 14.1. The van der Waals surface area contributed by atoms with Gasteiger partial charge in [0.1, 0.15) is 23.9 Å². The number of halogens is 1. The molecule has 0 spiro atoms. The highest BCUT2D eigenvalue weighted by atomic mass is 19.1. The van der Waals surface area contributed by atoms with E-state index in [1.807, 2.05) is 31.2 Å². The number of fused-ring (bicyclic) bond motifs is 1. The van der Waals surface area contributed by atoms with Gasteiger partial charge in [-0.3, -0.25) is 9.59 Å². The summed E-state index contributed by atoms with van der Waals surface area (Å²) in [5.41, 5.74) is 2.39. The van der Waals surface area contributed by atoms with Gasteiger partial charge in [0.15, 0.2) is 0 Å². The van der Waals surface area contributed by atoms with Crippen LogP contribution in [0.1, 0.15) is 87.4 Å². The largest absolute Gasteiger partial charge is 0.460 e. The minimum Gasteiger partial charge on any atom is -0.460 e. The molecule has 10 nitrogen and oxygen atoms in total. The van der Waals surface area contributed by atoms with Crippen LogP contribution in [-0.2, 0) is 19.1 Å². The Morgan fingerprint density at radius 1 is 1.02 bits per heavy atom. The number of alkyl carbamates (subject to hydrolysis) is 1. The summed E-state index contributed by atoms with van der Waals surface area (Å²) in [4.78, 5) is 54.5. The Balaban J connectivity index is 1.31. The number of ether oxygens (including phenoxy) is 2. The predicted molar refractivity (Wildman–Crippen MR) is 179 cm³/mol. The molecule has 0 bridgehead atoms. The first kappa shape index (κ1) is 34.9. The van der Waals surface area contributed by atoms with E-state index in [0.29, 0.717) is 55.3 Å².